The van der Waals surface area contributed by atoms with Crippen molar-refractivity contribution in [3.8, 4) is 0 Å². The molecule has 2 aliphatic heterocycles. The first-order chi connectivity index (χ1) is 34.1. The largest absolute Gasteiger partial charge is 0.480 e. The number of aliphatic carboxylic acids is 1. The van der Waals surface area contributed by atoms with Crippen molar-refractivity contribution in [3.63, 3.8) is 0 Å². The summed E-state index contributed by atoms with van der Waals surface area (Å²) < 4.78 is 23.7. The van der Waals surface area contributed by atoms with Crippen molar-refractivity contribution in [1.29, 1.82) is 0 Å². The third-order valence-electron chi connectivity index (χ3n) is 10.3. The Bertz CT molecular complexity index is 1980. The van der Waals surface area contributed by atoms with Crippen LogP contribution in [0.4, 0.5) is 19.2 Å². The number of aliphatic imine (C=N–C) groups is 2. The van der Waals surface area contributed by atoms with Crippen LogP contribution >= 0.6 is 47.0 Å². The Labute approximate surface area is 452 Å². The summed E-state index contributed by atoms with van der Waals surface area (Å²) >= 11 is 7.05. The van der Waals surface area contributed by atoms with E-state index in [4.69, 9.17) is 18.9 Å². The molecular weight excluding hydrogens is 1040 g/mol. The number of carboxylic acids is 1. The molecule has 25 heteroatoms. The molecule has 0 bridgehead atoms. The first kappa shape index (κ1) is 63.7. The van der Waals surface area contributed by atoms with Gasteiger partial charge in [0.05, 0.1) is 18.1 Å². The maximum Gasteiger partial charge on any atom is 0.414 e. The van der Waals surface area contributed by atoms with Crippen molar-refractivity contribution >= 4 is 107 Å². The van der Waals surface area contributed by atoms with Gasteiger partial charge in [0, 0.05) is 34.2 Å². The minimum absolute atomic E-state index is 0.140. The Morgan fingerprint density at radius 1 is 0.486 bits per heavy atom. The van der Waals surface area contributed by atoms with Crippen LogP contribution in [-0.4, -0.2) is 135 Å². The minimum Gasteiger partial charge on any atom is -0.480 e. The van der Waals surface area contributed by atoms with E-state index in [0.29, 0.717) is 25.7 Å². The lowest BCUT2D eigenvalue weighted by Gasteiger charge is -2.26. The molecule has 7 N–H and O–H groups in total. The molecule has 6 atom stereocenters. The number of amides is 6. The number of hydrogen-bond acceptors (Lipinski definition) is 18. The third kappa shape index (κ3) is 23.9. The molecular formula is C49H78N8O13S4. The van der Waals surface area contributed by atoms with Gasteiger partial charge in [-0.15, -0.1) is 47.0 Å². The average Bonchev–Trinajstić information content (AvgIpc) is 3.83. The van der Waals surface area contributed by atoms with Crippen LogP contribution in [0.15, 0.2) is 29.6 Å². The standard InChI is InChI=1S/C25H40N4O6S2.C24H38N4O7S2/c1-14(30)19(26-15(2)31)17-12-16(20-36-10-9-11-37-20)13-18(17)27-21(28-22(32)34-24(3,4)5)29-23(33)35-25(6,7)8;1-13(29)25-17(18(30)31)15-11-14(19-36-9-8-10-37-19)12-16(15)26-20(27-21(32)34-23(2,3)4)28-22(33)35-24(5,6)7/h17-19H,9-13H2,1-8H3,(H,26,31)(H2,27,28,29,32,33);15-17H,8-12H2,1-7H3,(H,25,29)(H,30,31)(H2,26,27,28,32,33). The van der Waals surface area contributed by atoms with E-state index in [1.165, 1.54) is 30.6 Å². The number of hydrogen-bond donors (Lipinski definition) is 7. The molecule has 6 amide bonds. The summed E-state index contributed by atoms with van der Waals surface area (Å²) in [4.78, 5) is 108. The molecule has 4 rings (SSSR count). The van der Waals surface area contributed by atoms with Crippen LogP contribution < -0.4 is 31.9 Å². The Morgan fingerprint density at radius 2 is 0.770 bits per heavy atom. The highest BCUT2D eigenvalue weighted by molar-refractivity contribution is 8.23. The molecule has 4 fully saturated rings. The van der Waals surface area contributed by atoms with Gasteiger partial charge in [-0.2, -0.15) is 0 Å². The average molecular weight is 1120 g/mol. The lowest BCUT2D eigenvalue weighted by atomic mass is 9.91. The van der Waals surface area contributed by atoms with Crippen molar-refractivity contribution in [2.75, 3.05) is 23.0 Å². The van der Waals surface area contributed by atoms with Gasteiger partial charge in [-0.25, -0.2) is 34.0 Å². The Hall–Kier alpha value is -4.62. The fraction of sp³-hybridized carbons (Fsp3) is 0.714. The summed E-state index contributed by atoms with van der Waals surface area (Å²) in [5.74, 6) is 0.519. The van der Waals surface area contributed by atoms with Crippen molar-refractivity contribution in [1.82, 2.24) is 31.9 Å². The predicted octanol–water partition coefficient (Wildman–Crippen LogP) is 8.19. The van der Waals surface area contributed by atoms with Gasteiger partial charge in [-0.05, 0) is 163 Å². The third-order valence-corrected chi connectivity index (χ3v) is 15.9. The Morgan fingerprint density at radius 3 is 1.03 bits per heavy atom. The highest BCUT2D eigenvalue weighted by Gasteiger charge is 2.43. The second-order valence-corrected chi connectivity index (χ2v) is 26.9. The molecule has 74 heavy (non-hydrogen) atoms. The molecule has 6 unspecified atom stereocenters. The number of Topliss-reactive ketones (excluding diaryl/α,β-unsaturated/α-hetero) is 1. The first-order valence-corrected chi connectivity index (χ1v) is 28.4. The number of nitrogens with one attached hydrogen (secondary N) is 6. The molecule has 0 spiro atoms. The highest BCUT2D eigenvalue weighted by atomic mass is 32.2. The number of guanidine groups is 2. The molecule has 2 heterocycles. The number of carbonyl (C=O) groups is 8. The molecule has 2 saturated carbocycles. The van der Waals surface area contributed by atoms with Crippen molar-refractivity contribution < 1.29 is 62.4 Å². The molecule has 0 aromatic rings. The van der Waals surface area contributed by atoms with Crippen LogP contribution in [0.2, 0.25) is 0 Å². The van der Waals surface area contributed by atoms with Crippen LogP contribution in [-0.2, 0) is 38.1 Å². The topological polar surface area (TPSA) is 291 Å². The van der Waals surface area contributed by atoms with Crippen molar-refractivity contribution in [3.05, 3.63) is 19.6 Å². The van der Waals surface area contributed by atoms with Crippen LogP contribution in [0.1, 0.15) is 142 Å². The number of nitrogens with zero attached hydrogens (tertiary/aromatic N) is 2. The number of carboxylic acid groups (broad SMARTS) is 1. The van der Waals surface area contributed by atoms with E-state index in [1.807, 2.05) is 0 Å². The fourth-order valence-electron chi connectivity index (χ4n) is 7.80. The number of ketones is 1. The van der Waals surface area contributed by atoms with Gasteiger partial charge in [0.2, 0.25) is 23.7 Å². The number of alkyl carbamates (subject to hydrolysis) is 4. The molecule has 2 saturated heterocycles. The molecule has 21 nitrogen and oxygen atoms in total. The normalized spacial score (nSPS) is 21.0. The van der Waals surface area contributed by atoms with Gasteiger partial charge in [-0.3, -0.25) is 35.7 Å². The van der Waals surface area contributed by atoms with Gasteiger partial charge >= 0.3 is 30.3 Å². The van der Waals surface area contributed by atoms with Gasteiger partial charge in [0.25, 0.3) is 0 Å². The lowest BCUT2D eigenvalue weighted by molar-refractivity contribution is -0.143. The molecule has 0 aromatic carbocycles. The van der Waals surface area contributed by atoms with Gasteiger partial charge in [0.1, 0.15) is 28.4 Å². The molecule has 2 aliphatic carbocycles. The molecule has 4 aliphatic rings. The smallest absolute Gasteiger partial charge is 0.414 e. The number of ether oxygens (including phenoxy) is 4. The quantitative estimate of drug-likeness (QED) is 0.0685. The summed E-state index contributed by atoms with van der Waals surface area (Å²) in [6.07, 6.45) is 0.867. The van der Waals surface area contributed by atoms with E-state index >= 15 is 0 Å². The molecule has 0 aromatic heterocycles. The second-order valence-electron chi connectivity index (χ2n) is 21.9. The van der Waals surface area contributed by atoms with E-state index in [1.54, 1.807) is 130 Å². The van der Waals surface area contributed by atoms with Gasteiger partial charge in [-0.1, -0.05) is 0 Å². The zero-order valence-corrected chi connectivity index (χ0v) is 48.7. The van der Waals surface area contributed by atoms with Crippen molar-refractivity contribution in [2.45, 2.75) is 189 Å². The van der Waals surface area contributed by atoms with E-state index < -0.39 is 88.7 Å². The molecule has 0 radical (unpaired) electrons. The maximum atomic E-state index is 12.6. The second kappa shape index (κ2) is 28.0. The summed E-state index contributed by atoms with van der Waals surface area (Å²) in [6.45, 7) is 24.6. The van der Waals surface area contributed by atoms with Crippen LogP contribution in [0.5, 0.6) is 0 Å². The zero-order chi connectivity index (χ0) is 55.9. The van der Waals surface area contributed by atoms with Crippen molar-refractivity contribution in [2.24, 2.45) is 21.8 Å². The number of carbonyl (C=O) groups excluding carboxylic acids is 7. The van der Waals surface area contributed by atoms with Crippen LogP contribution in [0, 0.1) is 11.8 Å². The van der Waals surface area contributed by atoms with Crippen LogP contribution in [0.25, 0.3) is 0 Å². The summed E-state index contributed by atoms with van der Waals surface area (Å²) in [5, 5.41) is 25.2. The maximum absolute atomic E-state index is 12.6. The van der Waals surface area contributed by atoms with E-state index in [0.717, 1.165) is 45.7 Å². The number of thioether (sulfide) groups is 4. The van der Waals surface area contributed by atoms with Gasteiger partial charge < -0.3 is 34.7 Å². The monoisotopic (exact) mass is 1110 g/mol. The number of rotatable bonds is 8. The summed E-state index contributed by atoms with van der Waals surface area (Å²) in [6, 6.07) is -3.11. The lowest BCUT2D eigenvalue weighted by Crippen LogP contribution is -2.50. The highest BCUT2D eigenvalue weighted by Crippen LogP contribution is 2.47. The summed E-state index contributed by atoms with van der Waals surface area (Å²) in [5.41, 5.74) is -0.921. The molecule has 416 valence electrons. The van der Waals surface area contributed by atoms with E-state index in [9.17, 15) is 43.5 Å². The SMILES string of the molecule is CC(=O)NC(C(=O)O)C1CC(=C2SCCCS2)CC1N=C(NC(=O)OC(C)(C)C)NC(=O)OC(C)(C)C.CC(=O)NC(C(C)=O)C1CC(=C2SCCCS2)CC1N=C(NC(=O)OC(C)(C)C)NC(=O)OC(C)(C)C. The Balaban J connectivity index is 0.000000390. The van der Waals surface area contributed by atoms with Gasteiger partial charge in [0.15, 0.2) is 5.78 Å². The zero-order valence-electron chi connectivity index (χ0n) is 45.4. The fourth-order valence-corrected chi connectivity index (χ4v) is 13.2. The Kier molecular flexibility index (Phi) is 24.1. The minimum atomic E-state index is -1.20. The van der Waals surface area contributed by atoms with E-state index in [-0.39, 0.29) is 29.5 Å². The van der Waals surface area contributed by atoms with E-state index in [2.05, 4.69) is 41.9 Å². The van der Waals surface area contributed by atoms with Crippen LogP contribution in [0.3, 0.4) is 0 Å². The first-order valence-electron chi connectivity index (χ1n) is 24.5. The summed E-state index contributed by atoms with van der Waals surface area (Å²) in [7, 11) is 0. The predicted molar refractivity (Wildman–Crippen MR) is 292 cm³/mol.